The molecule has 0 aliphatic rings. The van der Waals surface area contributed by atoms with Crippen LogP contribution in [-0.2, 0) is 14.2 Å². The normalized spacial score (nSPS) is 11.4. The van der Waals surface area contributed by atoms with Gasteiger partial charge in [0.15, 0.2) is 0 Å². The van der Waals surface area contributed by atoms with E-state index in [2.05, 4.69) is 10.6 Å². The minimum atomic E-state index is -0.436. The molecule has 0 aliphatic carbocycles. The van der Waals surface area contributed by atoms with E-state index in [0.29, 0.717) is 26.4 Å². The molecule has 0 atom stereocenters. The number of alkyl carbamates (subject to hydrolysis) is 1. The number of hydrogen-bond acceptors (Lipinski definition) is 5. The van der Waals surface area contributed by atoms with Crippen LogP contribution < -0.4 is 10.6 Å². The number of ether oxygens (including phenoxy) is 3. The number of amides is 1. The lowest BCUT2D eigenvalue weighted by molar-refractivity contribution is 0.0527. The molecule has 0 spiro atoms. The summed E-state index contributed by atoms with van der Waals surface area (Å²) < 4.78 is 15.3. The van der Waals surface area contributed by atoms with Gasteiger partial charge in [-0.15, -0.1) is 0 Å². The van der Waals surface area contributed by atoms with Crippen LogP contribution in [0, 0.1) is 0 Å². The van der Waals surface area contributed by atoms with E-state index < -0.39 is 5.60 Å². The molecule has 0 rings (SSSR count). The number of carbonyl (C=O) groups excluding carboxylic acids is 1. The van der Waals surface area contributed by atoms with Crippen LogP contribution in [0.2, 0.25) is 0 Å². The molecule has 1 amide bonds. The summed E-state index contributed by atoms with van der Waals surface area (Å²) in [7, 11) is 1.66. The Morgan fingerprint density at radius 2 is 1.70 bits per heavy atom. The molecule has 6 nitrogen and oxygen atoms in total. The van der Waals surface area contributed by atoms with Gasteiger partial charge < -0.3 is 24.8 Å². The van der Waals surface area contributed by atoms with Crippen LogP contribution in [-0.4, -0.2) is 58.3 Å². The molecule has 0 fully saturated rings. The molecule has 20 heavy (non-hydrogen) atoms. The third-order valence-corrected chi connectivity index (χ3v) is 2.30. The lowest BCUT2D eigenvalue weighted by atomic mass is 10.2. The van der Waals surface area contributed by atoms with Crippen molar-refractivity contribution in [3.8, 4) is 0 Å². The monoisotopic (exact) mass is 290 g/mol. The Morgan fingerprint density at radius 1 is 1.00 bits per heavy atom. The van der Waals surface area contributed by atoms with Crippen molar-refractivity contribution in [1.82, 2.24) is 10.6 Å². The quantitative estimate of drug-likeness (QED) is 0.565. The maximum absolute atomic E-state index is 11.3. The van der Waals surface area contributed by atoms with Gasteiger partial charge in [0.25, 0.3) is 0 Å². The van der Waals surface area contributed by atoms with E-state index in [9.17, 15) is 4.79 Å². The zero-order chi connectivity index (χ0) is 15.3. The number of rotatable bonds is 11. The summed E-state index contributed by atoms with van der Waals surface area (Å²) in [5.74, 6) is 0. The van der Waals surface area contributed by atoms with Gasteiger partial charge in [-0.05, 0) is 40.2 Å². The highest BCUT2D eigenvalue weighted by Gasteiger charge is 2.15. The Labute approximate surface area is 122 Å². The van der Waals surface area contributed by atoms with Crippen LogP contribution in [0.15, 0.2) is 0 Å². The predicted octanol–water partition coefficient (Wildman–Crippen LogP) is 1.54. The van der Waals surface area contributed by atoms with Gasteiger partial charge in [-0.1, -0.05) is 0 Å². The second-order valence-corrected chi connectivity index (χ2v) is 5.49. The molecule has 0 aromatic heterocycles. The standard InChI is InChI=1S/C14H30N2O4/c1-14(2,3)20-13(17)16-8-6-5-7-15-9-10-19-12-11-18-4/h15H,5-12H2,1-4H3,(H,16,17). The van der Waals surface area contributed by atoms with Gasteiger partial charge in [0.2, 0.25) is 0 Å². The molecule has 0 saturated carbocycles. The number of unbranched alkanes of at least 4 members (excludes halogenated alkanes) is 1. The first-order chi connectivity index (χ1) is 9.45. The summed E-state index contributed by atoms with van der Waals surface area (Å²) in [6.45, 7) is 9.92. The fourth-order valence-electron chi connectivity index (χ4n) is 1.39. The third-order valence-electron chi connectivity index (χ3n) is 2.30. The summed E-state index contributed by atoms with van der Waals surface area (Å²) in [6.07, 6.45) is 1.59. The Morgan fingerprint density at radius 3 is 2.35 bits per heavy atom. The van der Waals surface area contributed by atoms with E-state index in [1.807, 2.05) is 20.8 Å². The average Bonchev–Trinajstić information content (AvgIpc) is 2.34. The smallest absolute Gasteiger partial charge is 0.407 e. The molecule has 0 heterocycles. The highest BCUT2D eigenvalue weighted by atomic mass is 16.6. The average molecular weight is 290 g/mol. The predicted molar refractivity (Wildman–Crippen MR) is 79.0 cm³/mol. The molecule has 2 N–H and O–H groups in total. The first-order valence-electron chi connectivity index (χ1n) is 7.20. The molecule has 0 aromatic rings. The van der Waals surface area contributed by atoms with Gasteiger partial charge in [-0.2, -0.15) is 0 Å². The summed E-state index contributed by atoms with van der Waals surface area (Å²) in [4.78, 5) is 11.3. The van der Waals surface area contributed by atoms with Crippen molar-refractivity contribution < 1.29 is 19.0 Å². The zero-order valence-corrected chi connectivity index (χ0v) is 13.3. The Balaban J connectivity index is 3.19. The third kappa shape index (κ3) is 15.2. The molecule has 0 saturated heterocycles. The van der Waals surface area contributed by atoms with Crippen molar-refractivity contribution in [1.29, 1.82) is 0 Å². The van der Waals surface area contributed by atoms with Crippen molar-refractivity contribution in [3.63, 3.8) is 0 Å². The topological polar surface area (TPSA) is 68.8 Å². The highest BCUT2D eigenvalue weighted by Crippen LogP contribution is 2.06. The number of nitrogens with one attached hydrogen (secondary N) is 2. The molecular formula is C14H30N2O4. The second-order valence-electron chi connectivity index (χ2n) is 5.49. The van der Waals surface area contributed by atoms with Gasteiger partial charge in [0.05, 0.1) is 19.8 Å². The SMILES string of the molecule is COCCOCCNCCCCNC(=O)OC(C)(C)C. The Kier molecular flexibility index (Phi) is 11.4. The maximum Gasteiger partial charge on any atom is 0.407 e. The van der Waals surface area contributed by atoms with E-state index in [4.69, 9.17) is 14.2 Å². The number of methoxy groups -OCH3 is 1. The van der Waals surface area contributed by atoms with E-state index >= 15 is 0 Å². The molecule has 0 radical (unpaired) electrons. The largest absolute Gasteiger partial charge is 0.444 e. The second kappa shape index (κ2) is 11.9. The van der Waals surface area contributed by atoms with Crippen molar-refractivity contribution in [3.05, 3.63) is 0 Å². The molecule has 0 aromatic carbocycles. The van der Waals surface area contributed by atoms with Crippen LogP contribution in [0.25, 0.3) is 0 Å². The van der Waals surface area contributed by atoms with Gasteiger partial charge in [-0.25, -0.2) is 4.79 Å². The Hall–Kier alpha value is -0.850. The van der Waals surface area contributed by atoms with Gasteiger partial charge in [-0.3, -0.25) is 0 Å². The van der Waals surface area contributed by atoms with Crippen LogP contribution in [0.1, 0.15) is 33.6 Å². The molecular weight excluding hydrogens is 260 g/mol. The van der Waals surface area contributed by atoms with Crippen LogP contribution in [0.3, 0.4) is 0 Å². The van der Waals surface area contributed by atoms with Gasteiger partial charge >= 0.3 is 6.09 Å². The maximum atomic E-state index is 11.3. The minimum absolute atomic E-state index is 0.350. The molecule has 120 valence electrons. The van der Waals surface area contributed by atoms with Crippen molar-refractivity contribution in [2.45, 2.75) is 39.2 Å². The molecule has 0 aliphatic heterocycles. The summed E-state index contributed by atoms with van der Waals surface area (Å²) in [6, 6.07) is 0. The van der Waals surface area contributed by atoms with Crippen molar-refractivity contribution in [2.75, 3.05) is 46.6 Å². The van der Waals surface area contributed by atoms with E-state index in [1.165, 1.54) is 0 Å². The van der Waals surface area contributed by atoms with Gasteiger partial charge in [0, 0.05) is 20.2 Å². The summed E-state index contributed by atoms with van der Waals surface area (Å²) in [5.41, 5.74) is -0.436. The lowest BCUT2D eigenvalue weighted by Gasteiger charge is -2.19. The summed E-state index contributed by atoms with van der Waals surface area (Å²) >= 11 is 0. The van der Waals surface area contributed by atoms with Gasteiger partial charge in [0.1, 0.15) is 5.60 Å². The van der Waals surface area contributed by atoms with E-state index in [1.54, 1.807) is 7.11 Å². The molecule has 0 bridgehead atoms. The van der Waals surface area contributed by atoms with Crippen LogP contribution in [0.4, 0.5) is 4.79 Å². The number of carbonyl (C=O) groups is 1. The minimum Gasteiger partial charge on any atom is -0.444 e. The van der Waals surface area contributed by atoms with Crippen molar-refractivity contribution in [2.24, 2.45) is 0 Å². The molecule has 0 unspecified atom stereocenters. The van der Waals surface area contributed by atoms with Crippen molar-refractivity contribution >= 4 is 6.09 Å². The first kappa shape index (κ1) is 19.1. The lowest BCUT2D eigenvalue weighted by Crippen LogP contribution is -2.33. The highest BCUT2D eigenvalue weighted by molar-refractivity contribution is 5.67. The zero-order valence-electron chi connectivity index (χ0n) is 13.3. The number of hydrogen-bond donors (Lipinski definition) is 2. The Bertz CT molecular complexity index is 242. The van der Waals surface area contributed by atoms with E-state index in [-0.39, 0.29) is 6.09 Å². The van der Waals surface area contributed by atoms with E-state index in [0.717, 1.165) is 25.9 Å². The first-order valence-corrected chi connectivity index (χ1v) is 7.20. The van der Waals surface area contributed by atoms with Crippen LogP contribution >= 0.6 is 0 Å². The fraction of sp³-hybridized carbons (Fsp3) is 0.929. The fourth-order valence-corrected chi connectivity index (χ4v) is 1.39. The van der Waals surface area contributed by atoms with Crippen LogP contribution in [0.5, 0.6) is 0 Å². The molecule has 6 heteroatoms. The summed E-state index contributed by atoms with van der Waals surface area (Å²) in [5, 5.41) is 6.02.